The van der Waals surface area contributed by atoms with Gasteiger partial charge in [-0.2, -0.15) is 18.3 Å². The molecule has 1 rings (SSSR count). The Bertz CT molecular complexity index is 287. The molecule has 1 atom stereocenters. The van der Waals surface area contributed by atoms with Crippen molar-refractivity contribution < 1.29 is 17.7 Å². The van der Waals surface area contributed by atoms with Gasteiger partial charge in [0.2, 0.25) is 0 Å². The van der Waals surface area contributed by atoms with Crippen molar-refractivity contribution in [1.29, 1.82) is 0 Å². The van der Waals surface area contributed by atoms with Crippen molar-refractivity contribution in [1.82, 2.24) is 0 Å². The van der Waals surface area contributed by atoms with Crippen LogP contribution in [0.4, 0.5) is 13.2 Å². The van der Waals surface area contributed by atoms with E-state index in [9.17, 15) is 17.7 Å². The number of nitrogens with two attached hydrogens (primary N) is 2. The van der Waals surface area contributed by atoms with Crippen LogP contribution in [0, 0.1) is 5.41 Å². The summed E-state index contributed by atoms with van der Waals surface area (Å²) >= 11 is -1.78. The lowest BCUT2D eigenvalue weighted by Crippen LogP contribution is -2.51. The molecule has 0 aromatic heterocycles. The van der Waals surface area contributed by atoms with E-state index in [1.165, 1.54) is 13.8 Å². The second-order valence-electron chi connectivity index (χ2n) is 5.85. The molecule has 1 fully saturated rings. The van der Waals surface area contributed by atoms with Crippen LogP contribution in [0.5, 0.6) is 0 Å². The van der Waals surface area contributed by atoms with Crippen LogP contribution in [0.15, 0.2) is 0 Å². The van der Waals surface area contributed by atoms with E-state index in [0.29, 0.717) is 12.8 Å². The molecule has 0 spiro atoms. The molecule has 0 aromatic carbocycles. The Labute approximate surface area is 109 Å². The fourth-order valence-electron chi connectivity index (χ4n) is 2.64. The SMILES string of the molecule is CC(C)(CC1(C(F)(F)F)CCC(N)CC1)[S+](N)[O-]. The average Bonchev–Trinajstić information content (AvgIpc) is 2.19. The van der Waals surface area contributed by atoms with Crippen LogP contribution in [-0.2, 0) is 11.4 Å². The van der Waals surface area contributed by atoms with Crippen molar-refractivity contribution >= 4 is 11.4 Å². The zero-order valence-electron chi connectivity index (χ0n) is 10.7. The quantitative estimate of drug-likeness (QED) is 0.781. The molecule has 0 heterocycles. The fourth-order valence-corrected chi connectivity index (χ4v) is 3.06. The van der Waals surface area contributed by atoms with Crippen molar-refractivity contribution in [2.75, 3.05) is 0 Å². The van der Waals surface area contributed by atoms with Gasteiger partial charge in [0.15, 0.2) is 0 Å². The van der Waals surface area contributed by atoms with Crippen molar-refractivity contribution in [3.63, 3.8) is 0 Å². The van der Waals surface area contributed by atoms with Gasteiger partial charge in [-0.15, -0.1) is 0 Å². The smallest absolute Gasteiger partial charge is 0.394 e. The van der Waals surface area contributed by atoms with Gasteiger partial charge in [-0.3, -0.25) is 0 Å². The highest BCUT2D eigenvalue weighted by Crippen LogP contribution is 2.53. The van der Waals surface area contributed by atoms with Crippen molar-refractivity contribution in [2.45, 2.75) is 62.9 Å². The third kappa shape index (κ3) is 3.31. The maximum atomic E-state index is 13.3. The molecule has 18 heavy (non-hydrogen) atoms. The molecule has 0 aromatic rings. The van der Waals surface area contributed by atoms with E-state index in [1.54, 1.807) is 0 Å². The van der Waals surface area contributed by atoms with Gasteiger partial charge >= 0.3 is 6.18 Å². The van der Waals surface area contributed by atoms with Crippen LogP contribution in [0.1, 0.15) is 46.0 Å². The predicted octanol–water partition coefficient (Wildman–Crippen LogP) is 2.23. The van der Waals surface area contributed by atoms with Crippen molar-refractivity contribution in [3.05, 3.63) is 0 Å². The summed E-state index contributed by atoms with van der Waals surface area (Å²) < 4.78 is 50.3. The van der Waals surface area contributed by atoms with E-state index in [4.69, 9.17) is 10.9 Å². The first-order valence-corrected chi connectivity index (χ1v) is 7.20. The minimum Gasteiger partial charge on any atom is -0.598 e. The van der Waals surface area contributed by atoms with E-state index in [1.807, 2.05) is 0 Å². The van der Waals surface area contributed by atoms with Crippen molar-refractivity contribution in [3.8, 4) is 0 Å². The van der Waals surface area contributed by atoms with Gasteiger partial charge in [-0.05, 0) is 39.5 Å². The molecule has 7 heteroatoms. The summed E-state index contributed by atoms with van der Waals surface area (Å²) in [5.74, 6) is 0. The molecule has 1 aliphatic carbocycles. The topological polar surface area (TPSA) is 75.1 Å². The molecule has 1 aliphatic rings. The highest BCUT2D eigenvalue weighted by atomic mass is 32.2. The second-order valence-corrected chi connectivity index (χ2v) is 7.55. The van der Waals surface area contributed by atoms with E-state index in [0.717, 1.165) is 0 Å². The van der Waals surface area contributed by atoms with E-state index in [-0.39, 0.29) is 25.3 Å². The summed E-state index contributed by atoms with van der Waals surface area (Å²) in [6.07, 6.45) is -3.81. The number of halogens is 3. The molecule has 1 saturated carbocycles. The summed E-state index contributed by atoms with van der Waals surface area (Å²) in [4.78, 5) is 0. The van der Waals surface area contributed by atoms with Crippen LogP contribution in [0.3, 0.4) is 0 Å². The Morgan fingerprint density at radius 1 is 1.28 bits per heavy atom. The van der Waals surface area contributed by atoms with Crippen LogP contribution in [-0.4, -0.2) is 21.5 Å². The minimum atomic E-state index is -4.30. The number of hydrogen-bond acceptors (Lipinski definition) is 3. The van der Waals surface area contributed by atoms with Gasteiger partial charge in [0.1, 0.15) is 4.75 Å². The van der Waals surface area contributed by atoms with E-state index < -0.39 is 27.7 Å². The summed E-state index contributed by atoms with van der Waals surface area (Å²) in [5, 5.41) is 5.30. The Balaban J connectivity index is 2.94. The third-order valence-corrected chi connectivity index (χ3v) is 5.13. The standard InChI is InChI=1S/C11H21F3N2OS/c1-9(2,18(16)17)7-10(11(12,13)14)5-3-8(15)4-6-10/h8H,3-7,15-16H2,1-2H3. The molecule has 0 aliphatic heterocycles. The summed E-state index contributed by atoms with van der Waals surface area (Å²) in [7, 11) is 0. The first-order chi connectivity index (χ1) is 8.00. The molecule has 0 radical (unpaired) electrons. The predicted molar refractivity (Wildman–Crippen MR) is 66.0 cm³/mol. The molecule has 0 bridgehead atoms. The first kappa shape index (κ1) is 16.1. The Hall–Kier alpha value is 0.0200. The van der Waals surface area contributed by atoms with Crippen molar-refractivity contribution in [2.24, 2.45) is 16.3 Å². The summed E-state index contributed by atoms with van der Waals surface area (Å²) in [6, 6.07) is -0.160. The molecule has 0 amide bonds. The maximum absolute atomic E-state index is 13.3. The van der Waals surface area contributed by atoms with Gasteiger partial charge in [0, 0.05) is 23.8 Å². The largest absolute Gasteiger partial charge is 0.598 e. The van der Waals surface area contributed by atoms with Gasteiger partial charge in [0.25, 0.3) is 0 Å². The lowest BCUT2D eigenvalue weighted by atomic mass is 9.67. The minimum absolute atomic E-state index is 0.00169. The molecule has 1 unspecified atom stereocenters. The Morgan fingerprint density at radius 2 is 1.72 bits per heavy atom. The number of rotatable bonds is 3. The van der Waals surface area contributed by atoms with Gasteiger partial charge in [0.05, 0.1) is 5.41 Å². The zero-order valence-corrected chi connectivity index (χ0v) is 11.5. The lowest BCUT2D eigenvalue weighted by Gasteiger charge is -2.44. The van der Waals surface area contributed by atoms with Gasteiger partial charge in [-0.1, -0.05) is 0 Å². The lowest BCUT2D eigenvalue weighted by molar-refractivity contribution is -0.239. The molecular weight excluding hydrogens is 265 g/mol. The van der Waals surface area contributed by atoms with Crippen LogP contribution in [0.25, 0.3) is 0 Å². The molecule has 108 valence electrons. The molecule has 3 nitrogen and oxygen atoms in total. The normalized spacial score (nSPS) is 32.3. The van der Waals surface area contributed by atoms with E-state index in [2.05, 4.69) is 0 Å². The number of hydrogen-bond donors (Lipinski definition) is 2. The molecule has 0 saturated heterocycles. The molecular formula is C11H21F3N2OS. The number of alkyl halides is 3. The summed E-state index contributed by atoms with van der Waals surface area (Å²) in [6.45, 7) is 3.04. The zero-order chi connectivity index (χ0) is 14.2. The monoisotopic (exact) mass is 286 g/mol. The van der Waals surface area contributed by atoms with Crippen LogP contribution in [0.2, 0.25) is 0 Å². The highest BCUT2D eigenvalue weighted by molar-refractivity contribution is 7.90. The highest BCUT2D eigenvalue weighted by Gasteiger charge is 2.58. The van der Waals surface area contributed by atoms with Crippen LogP contribution < -0.4 is 10.9 Å². The fraction of sp³-hybridized carbons (Fsp3) is 1.00. The Morgan fingerprint density at radius 3 is 2.06 bits per heavy atom. The van der Waals surface area contributed by atoms with Crippen LogP contribution >= 0.6 is 0 Å². The first-order valence-electron chi connectivity index (χ1n) is 5.99. The molecule has 4 N–H and O–H groups in total. The third-order valence-electron chi connectivity index (χ3n) is 3.90. The van der Waals surface area contributed by atoms with E-state index >= 15 is 0 Å². The summed E-state index contributed by atoms with van der Waals surface area (Å²) in [5.41, 5.74) is 3.88. The average molecular weight is 286 g/mol. The maximum Gasteiger partial charge on any atom is 0.394 e. The Kier molecular flexibility index (Phi) is 4.63. The van der Waals surface area contributed by atoms with Gasteiger partial charge in [-0.25, -0.2) is 0 Å². The van der Waals surface area contributed by atoms with Gasteiger partial charge < -0.3 is 10.3 Å². The second kappa shape index (κ2) is 5.19.